The molecule has 9 heteroatoms. The molecule has 0 aromatic carbocycles. The van der Waals surface area contributed by atoms with Crippen LogP contribution in [0.1, 0.15) is 11.4 Å². The van der Waals surface area contributed by atoms with Crippen LogP contribution in [-0.2, 0) is 0 Å². The van der Waals surface area contributed by atoms with Gasteiger partial charge in [0.1, 0.15) is 42.3 Å². The molecular formula is C27H17N3O4S2. The molecule has 2 aromatic rings. The number of ether oxygens (including phenoxy) is 2. The largest absolute Gasteiger partial charge is 0.467 e. The number of thioether (sulfide) groups is 2. The van der Waals surface area contributed by atoms with Crippen LogP contribution in [0.2, 0.25) is 0 Å². The molecule has 0 atom stereocenters. The summed E-state index contributed by atoms with van der Waals surface area (Å²) in [7, 11) is 0. The number of hydrogen-bond acceptors (Lipinski definition) is 9. The Kier molecular flexibility index (Phi) is 5.84. The van der Waals surface area contributed by atoms with Gasteiger partial charge in [-0.25, -0.2) is 0 Å². The van der Waals surface area contributed by atoms with E-state index in [-0.39, 0.29) is 0 Å². The molecule has 0 spiro atoms. The summed E-state index contributed by atoms with van der Waals surface area (Å²) in [5.74, 6) is 2.70. The van der Waals surface area contributed by atoms with Gasteiger partial charge in [0.25, 0.3) is 0 Å². The van der Waals surface area contributed by atoms with Crippen LogP contribution in [0.5, 0.6) is 11.5 Å². The molecule has 0 fully saturated rings. The number of hydrogen-bond donors (Lipinski definition) is 0. The van der Waals surface area contributed by atoms with Crippen LogP contribution in [0.15, 0.2) is 121 Å². The number of allylic oxidation sites excluding steroid dienone is 4. The van der Waals surface area contributed by atoms with Crippen molar-refractivity contribution in [2.45, 2.75) is 9.79 Å². The summed E-state index contributed by atoms with van der Waals surface area (Å²) in [6.07, 6.45) is 19.3. The first kappa shape index (κ1) is 22.3. The maximum atomic E-state index is 5.85. The van der Waals surface area contributed by atoms with Gasteiger partial charge >= 0.3 is 0 Å². The van der Waals surface area contributed by atoms with Crippen molar-refractivity contribution in [3.05, 3.63) is 114 Å². The summed E-state index contributed by atoms with van der Waals surface area (Å²) in [4.78, 5) is 8.19. The zero-order valence-electron chi connectivity index (χ0n) is 18.7. The molecule has 0 N–H and O–H groups in total. The van der Waals surface area contributed by atoms with Crippen LogP contribution >= 0.6 is 23.5 Å². The lowest BCUT2D eigenvalue weighted by molar-refractivity contribution is 0.424. The smallest absolute Gasteiger partial charge is 0.179 e. The van der Waals surface area contributed by atoms with E-state index in [1.54, 1.807) is 66.9 Å². The number of fused-ring (bicyclic) bond motifs is 3. The molecule has 0 aliphatic carbocycles. The van der Waals surface area contributed by atoms with E-state index < -0.39 is 0 Å². The summed E-state index contributed by atoms with van der Waals surface area (Å²) >= 11 is 3.10. The standard InChI is InChI=1S/C27H17N3O4S2/c1-3-20-24(35-26-14-31-12-22(26)33-20)9-6-16-5-7-17-18(29-30-19(17)11-28-16)8-10-25-21(4-2)34-23-13-32-15-27(23)36-25/h3-15H,1-2H2/b9-6+,10-8+. The van der Waals surface area contributed by atoms with E-state index in [1.807, 2.05) is 36.4 Å². The normalized spacial score (nSPS) is 15.2. The van der Waals surface area contributed by atoms with Crippen molar-refractivity contribution in [3.8, 4) is 22.8 Å². The fourth-order valence-electron chi connectivity index (χ4n) is 3.53. The van der Waals surface area contributed by atoms with Crippen LogP contribution in [-0.4, -0.2) is 15.2 Å². The monoisotopic (exact) mass is 511 g/mol. The number of furan rings is 2. The van der Waals surface area contributed by atoms with E-state index in [2.05, 4.69) is 28.3 Å². The van der Waals surface area contributed by atoms with Gasteiger partial charge in [0.05, 0.1) is 37.2 Å². The molecule has 7 nitrogen and oxygen atoms in total. The minimum absolute atomic E-state index is 0.661. The summed E-state index contributed by atoms with van der Waals surface area (Å²) in [6, 6.07) is 3.89. The van der Waals surface area contributed by atoms with Crippen molar-refractivity contribution in [2.24, 2.45) is 0 Å². The Morgan fingerprint density at radius 1 is 0.722 bits per heavy atom. The van der Waals surface area contributed by atoms with E-state index >= 15 is 0 Å². The van der Waals surface area contributed by atoms with Crippen LogP contribution < -0.4 is 9.47 Å². The van der Waals surface area contributed by atoms with Gasteiger partial charge < -0.3 is 18.3 Å². The molecule has 4 aliphatic heterocycles. The molecular weight excluding hydrogens is 494 g/mol. The molecule has 0 bridgehead atoms. The van der Waals surface area contributed by atoms with Crippen molar-refractivity contribution < 1.29 is 18.3 Å². The van der Waals surface area contributed by atoms with Crippen LogP contribution in [0.4, 0.5) is 0 Å². The number of rotatable bonds is 6. The zero-order chi connectivity index (χ0) is 24.5. The topological polar surface area (TPSA) is 83.4 Å². The highest BCUT2D eigenvalue weighted by atomic mass is 32.2. The lowest BCUT2D eigenvalue weighted by atomic mass is 10.1. The third-order valence-corrected chi connectivity index (χ3v) is 7.44. The summed E-state index contributed by atoms with van der Waals surface area (Å²) in [5, 5.41) is 8.61. The first-order valence-corrected chi connectivity index (χ1v) is 12.4. The Labute approximate surface area is 215 Å². The molecule has 36 heavy (non-hydrogen) atoms. The first-order chi connectivity index (χ1) is 17.7. The predicted octanol–water partition coefficient (Wildman–Crippen LogP) is 7.35. The lowest BCUT2D eigenvalue weighted by Crippen LogP contribution is -1.99. The van der Waals surface area contributed by atoms with Crippen molar-refractivity contribution in [1.29, 1.82) is 0 Å². The fourth-order valence-corrected chi connectivity index (χ4v) is 5.32. The number of nitrogens with zero attached hydrogens (tertiary/aromatic N) is 3. The van der Waals surface area contributed by atoms with Gasteiger partial charge in [0.2, 0.25) is 0 Å². The van der Waals surface area contributed by atoms with Gasteiger partial charge in [-0.05, 0) is 48.6 Å². The summed E-state index contributed by atoms with van der Waals surface area (Å²) in [5.41, 5.74) is 3.07. The van der Waals surface area contributed by atoms with Crippen LogP contribution in [0.25, 0.3) is 23.4 Å². The van der Waals surface area contributed by atoms with E-state index in [0.717, 1.165) is 36.6 Å². The molecule has 0 unspecified atom stereocenters. The van der Waals surface area contributed by atoms with Gasteiger partial charge in [0, 0.05) is 5.56 Å². The van der Waals surface area contributed by atoms with Crippen molar-refractivity contribution in [3.63, 3.8) is 0 Å². The van der Waals surface area contributed by atoms with Gasteiger partial charge in [0.15, 0.2) is 11.5 Å². The SMILES string of the molecule is C=CC1=C(/C=C/c2ccc3c(/C=C/C4=C(C=C)Oc5cocc5S4)nnc-3cn2)Sc2cocc2O1. The molecule has 0 saturated heterocycles. The minimum atomic E-state index is 0.661. The van der Waals surface area contributed by atoms with Crippen LogP contribution in [0.3, 0.4) is 0 Å². The molecule has 6 rings (SSSR count). The second-order valence-corrected chi connectivity index (χ2v) is 9.71. The Morgan fingerprint density at radius 2 is 1.36 bits per heavy atom. The molecule has 2 aromatic heterocycles. The van der Waals surface area contributed by atoms with Gasteiger partial charge in [-0.15, -0.1) is 10.2 Å². The van der Waals surface area contributed by atoms with E-state index in [0.29, 0.717) is 28.7 Å². The first-order valence-electron chi connectivity index (χ1n) is 10.8. The van der Waals surface area contributed by atoms with E-state index in [1.165, 1.54) is 0 Å². The van der Waals surface area contributed by atoms with Crippen molar-refractivity contribution in [2.75, 3.05) is 0 Å². The third-order valence-electron chi connectivity index (χ3n) is 5.29. The molecule has 0 radical (unpaired) electrons. The van der Waals surface area contributed by atoms with Crippen molar-refractivity contribution in [1.82, 2.24) is 15.2 Å². The zero-order valence-corrected chi connectivity index (χ0v) is 20.3. The molecule has 6 heterocycles. The highest BCUT2D eigenvalue weighted by Crippen LogP contribution is 2.44. The average Bonchev–Trinajstić information content (AvgIpc) is 3.62. The second-order valence-electron chi connectivity index (χ2n) is 7.54. The van der Waals surface area contributed by atoms with E-state index in [4.69, 9.17) is 18.3 Å². The summed E-state index contributed by atoms with van der Waals surface area (Å²) < 4.78 is 22.1. The molecule has 4 aliphatic rings. The van der Waals surface area contributed by atoms with Gasteiger partial charge in [-0.1, -0.05) is 36.7 Å². The predicted molar refractivity (Wildman–Crippen MR) is 139 cm³/mol. The minimum Gasteiger partial charge on any atom is -0.467 e. The Balaban J connectivity index is 1.25. The van der Waals surface area contributed by atoms with Gasteiger partial charge in [-0.2, -0.15) is 0 Å². The van der Waals surface area contributed by atoms with Gasteiger partial charge in [-0.3, -0.25) is 4.98 Å². The Hall–Kier alpha value is -4.21. The Bertz CT molecular complexity index is 1590. The fraction of sp³-hybridized carbons (Fsp3) is 0. The molecule has 0 amide bonds. The lowest BCUT2D eigenvalue weighted by Gasteiger charge is -2.15. The Morgan fingerprint density at radius 3 is 2.00 bits per heavy atom. The third kappa shape index (κ3) is 4.19. The van der Waals surface area contributed by atoms with E-state index in [9.17, 15) is 0 Å². The highest BCUT2D eigenvalue weighted by molar-refractivity contribution is 8.03. The summed E-state index contributed by atoms with van der Waals surface area (Å²) in [6.45, 7) is 7.69. The number of aromatic nitrogens is 3. The highest BCUT2D eigenvalue weighted by Gasteiger charge is 2.21. The average molecular weight is 512 g/mol. The van der Waals surface area contributed by atoms with Crippen LogP contribution in [0, 0.1) is 0 Å². The molecule has 176 valence electrons. The van der Waals surface area contributed by atoms with Crippen molar-refractivity contribution >= 4 is 35.7 Å². The quantitative estimate of drug-likeness (QED) is 0.264. The molecule has 0 saturated carbocycles. The maximum Gasteiger partial charge on any atom is 0.179 e. The second kappa shape index (κ2) is 9.44. The maximum absolute atomic E-state index is 5.85.